The molecule has 0 unspecified atom stereocenters. The summed E-state index contributed by atoms with van der Waals surface area (Å²) < 4.78 is 34.3. The fourth-order valence-electron chi connectivity index (χ4n) is 3.65. The summed E-state index contributed by atoms with van der Waals surface area (Å²) in [7, 11) is -3.93. The van der Waals surface area contributed by atoms with E-state index in [2.05, 4.69) is 15.2 Å². The molecule has 0 bridgehead atoms. The molecule has 7 nitrogen and oxygen atoms in total. The van der Waals surface area contributed by atoms with E-state index in [9.17, 15) is 13.2 Å². The molecule has 1 atom stereocenters. The van der Waals surface area contributed by atoms with Crippen LogP contribution in [-0.2, 0) is 27.8 Å². The molecule has 0 saturated carbocycles. The van der Waals surface area contributed by atoms with Gasteiger partial charge in [0.1, 0.15) is 18.4 Å². The zero-order valence-electron chi connectivity index (χ0n) is 20.9. The molecule has 0 heterocycles. The zero-order valence-corrected chi connectivity index (χ0v) is 21.8. The van der Waals surface area contributed by atoms with Gasteiger partial charge in [-0.2, -0.15) is 9.82 Å². The molecule has 0 fully saturated rings. The van der Waals surface area contributed by atoms with E-state index in [1.807, 2.05) is 91.9 Å². The fraction of sp³-hybridized carbons (Fsp3) is 0.133. The van der Waals surface area contributed by atoms with Gasteiger partial charge in [0.15, 0.2) is 0 Å². The van der Waals surface area contributed by atoms with Gasteiger partial charge in [0.05, 0.1) is 11.1 Å². The number of hydrogen-bond donors (Lipinski definition) is 2. The number of sulfonamides is 1. The average Bonchev–Trinajstić information content (AvgIpc) is 2.93. The third-order valence-corrected chi connectivity index (χ3v) is 7.23. The Balaban J connectivity index is 1.40. The molecule has 4 rings (SSSR count). The van der Waals surface area contributed by atoms with E-state index in [-0.39, 0.29) is 11.3 Å². The van der Waals surface area contributed by atoms with Gasteiger partial charge in [-0.25, -0.2) is 13.8 Å². The van der Waals surface area contributed by atoms with Crippen LogP contribution in [0.3, 0.4) is 0 Å². The highest BCUT2D eigenvalue weighted by atomic mass is 32.2. The molecule has 0 radical (unpaired) electrons. The number of aryl methyl sites for hydroxylation is 1. The van der Waals surface area contributed by atoms with Crippen molar-refractivity contribution in [2.24, 2.45) is 5.10 Å². The van der Waals surface area contributed by atoms with E-state index >= 15 is 0 Å². The van der Waals surface area contributed by atoms with Crippen LogP contribution in [-0.4, -0.2) is 26.6 Å². The van der Waals surface area contributed by atoms with Gasteiger partial charge in [0.25, 0.3) is 5.91 Å². The summed E-state index contributed by atoms with van der Waals surface area (Å²) in [4.78, 5) is 13.1. The predicted octanol–water partition coefficient (Wildman–Crippen LogP) is 4.61. The van der Waals surface area contributed by atoms with Crippen LogP contribution in [0.25, 0.3) is 0 Å². The smallest absolute Gasteiger partial charge is 0.258 e. The molecule has 194 valence electrons. The van der Waals surface area contributed by atoms with Crippen LogP contribution in [0.15, 0.2) is 119 Å². The summed E-state index contributed by atoms with van der Waals surface area (Å²) in [6.07, 6.45) is 1.66. The van der Waals surface area contributed by atoms with Gasteiger partial charge >= 0.3 is 0 Å². The topological polar surface area (TPSA) is 96.9 Å². The zero-order chi connectivity index (χ0) is 26.8. The average molecular weight is 528 g/mol. The molecule has 8 heteroatoms. The molecule has 0 aliphatic heterocycles. The fourth-order valence-corrected chi connectivity index (χ4v) is 4.85. The SMILES string of the molecule is Cc1ccc(S(=O)(=O)N[C@@H](Cc2ccccc2)C(=O)N/N=C\c2ccc(OCc3ccccc3)cc2)cc1. The van der Waals surface area contributed by atoms with Crippen molar-refractivity contribution in [1.29, 1.82) is 0 Å². The van der Waals surface area contributed by atoms with Crippen molar-refractivity contribution in [2.75, 3.05) is 0 Å². The predicted molar refractivity (Wildman–Crippen MR) is 148 cm³/mol. The Kier molecular flexibility index (Phi) is 9.02. The molecule has 0 spiro atoms. The first kappa shape index (κ1) is 26.8. The number of hydrogen-bond acceptors (Lipinski definition) is 5. The first-order valence-electron chi connectivity index (χ1n) is 12.1. The summed E-state index contributed by atoms with van der Waals surface area (Å²) >= 11 is 0. The van der Waals surface area contributed by atoms with Crippen molar-refractivity contribution in [3.8, 4) is 5.75 Å². The lowest BCUT2D eigenvalue weighted by Gasteiger charge is -2.17. The molecular weight excluding hydrogens is 498 g/mol. The number of carbonyl (C=O) groups excluding carboxylic acids is 1. The van der Waals surface area contributed by atoms with E-state index in [1.165, 1.54) is 18.3 Å². The maximum atomic E-state index is 13.0. The Morgan fingerprint density at radius 2 is 1.45 bits per heavy atom. The maximum absolute atomic E-state index is 13.0. The highest BCUT2D eigenvalue weighted by Gasteiger charge is 2.26. The van der Waals surface area contributed by atoms with Gasteiger partial charge in [0, 0.05) is 0 Å². The number of ether oxygens (including phenoxy) is 1. The molecule has 0 saturated heterocycles. The third kappa shape index (κ3) is 7.86. The lowest BCUT2D eigenvalue weighted by Crippen LogP contribution is -2.46. The summed E-state index contributed by atoms with van der Waals surface area (Å²) in [6, 6.07) is 31.7. The largest absolute Gasteiger partial charge is 0.489 e. The molecule has 0 aliphatic rings. The van der Waals surface area contributed by atoms with E-state index < -0.39 is 22.0 Å². The lowest BCUT2D eigenvalue weighted by molar-refractivity contribution is -0.122. The van der Waals surface area contributed by atoms with E-state index in [4.69, 9.17) is 4.74 Å². The summed E-state index contributed by atoms with van der Waals surface area (Å²) in [6.45, 7) is 2.34. The minimum atomic E-state index is -3.93. The van der Waals surface area contributed by atoms with Gasteiger partial charge in [0.2, 0.25) is 10.0 Å². The van der Waals surface area contributed by atoms with Crippen molar-refractivity contribution in [3.63, 3.8) is 0 Å². The molecule has 38 heavy (non-hydrogen) atoms. The number of nitrogens with zero attached hydrogens (tertiary/aromatic N) is 1. The highest BCUT2D eigenvalue weighted by Crippen LogP contribution is 2.14. The van der Waals surface area contributed by atoms with Gasteiger partial charge in [-0.3, -0.25) is 4.79 Å². The van der Waals surface area contributed by atoms with Crippen molar-refractivity contribution < 1.29 is 17.9 Å². The minimum Gasteiger partial charge on any atom is -0.489 e. The van der Waals surface area contributed by atoms with Gasteiger partial charge in [-0.05, 0) is 66.4 Å². The number of carbonyl (C=O) groups is 1. The van der Waals surface area contributed by atoms with Crippen molar-refractivity contribution >= 4 is 22.1 Å². The van der Waals surface area contributed by atoms with Crippen molar-refractivity contribution in [2.45, 2.75) is 30.9 Å². The number of hydrazone groups is 1. The van der Waals surface area contributed by atoms with Gasteiger partial charge < -0.3 is 4.74 Å². The second kappa shape index (κ2) is 12.8. The van der Waals surface area contributed by atoms with Crippen LogP contribution < -0.4 is 14.9 Å². The highest BCUT2D eigenvalue weighted by molar-refractivity contribution is 7.89. The Morgan fingerprint density at radius 1 is 0.842 bits per heavy atom. The maximum Gasteiger partial charge on any atom is 0.258 e. The number of amides is 1. The summed E-state index contributed by atoms with van der Waals surface area (Å²) in [5.74, 6) is 0.145. The lowest BCUT2D eigenvalue weighted by atomic mass is 10.1. The van der Waals surface area contributed by atoms with Crippen molar-refractivity contribution in [3.05, 3.63) is 131 Å². The molecule has 4 aromatic carbocycles. The second-order valence-corrected chi connectivity index (χ2v) is 10.5. The van der Waals surface area contributed by atoms with Crippen LogP contribution in [0, 0.1) is 6.92 Å². The first-order valence-corrected chi connectivity index (χ1v) is 13.6. The van der Waals surface area contributed by atoms with Gasteiger partial charge in [-0.1, -0.05) is 78.4 Å². The van der Waals surface area contributed by atoms with Crippen LogP contribution >= 0.6 is 0 Å². The molecule has 2 N–H and O–H groups in total. The Labute approximate surface area is 223 Å². The molecule has 1 amide bonds. The Bertz CT molecular complexity index is 1460. The molecular formula is C30H29N3O4S. The number of benzene rings is 4. The Hall–Kier alpha value is -4.27. The van der Waals surface area contributed by atoms with E-state index in [1.54, 1.807) is 12.1 Å². The number of nitrogens with one attached hydrogen (secondary N) is 2. The molecule has 4 aromatic rings. The molecule has 0 aromatic heterocycles. The Morgan fingerprint density at radius 3 is 2.08 bits per heavy atom. The van der Waals surface area contributed by atoms with Crippen molar-refractivity contribution in [1.82, 2.24) is 10.1 Å². The minimum absolute atomic E-state index is 0.0898. The van der Waals surface area contributed by atoms with E-state index in [0.717, 1.165) is 22.3 Å². The third-order valence-electron chi connectivity index (χ3n) is 5.74. The van der Waals surface area contributed by atoms with Gasteiger partial charge in [-0.15, -0.1) is 0 Å². The van der Waals surface area contributed by atoms with E-state index in [0.29, 0.717) is 12.4 Å². The summed E-state index contributed by atoms with van der Waals surface area (Å²) in [5, 5.41) is 4.04. The quantitative estimate of drug-likeness (QED) is 0.220. The van der Waals surface area contributed by atoms with Crippen LogP contribution in [0.5, 0.6) is 5.75 Å². The normalized spacial score (nSPS) is 12.2. The van der Waals surface area contributed by atoms with Crippen LogP contribution in [0.4, 0.5) is 0 Å². The standard InChI is InChI=1S/C30H29N3O4S/c1-23-12-18-28(19-13-23)38(35,36)33-29(20-24-8-4-2-5-9-24)30(34)32-31-21-25-14-16-27(17-15-25)37-22-26-10-6-3-7-11-26/h2-19,21,29,33H,20,22H2,1H3,(H,32,34)/b31-21-/t29-/m0/s1. The first-order chi connectivity index (χ1) is 18.4. The summed E-state index contributed by atoms with van der Waals surface area (Å²) in [5.41, 5.74) is 6.04. The van der Waals surface area contributed by atoms with Crippen LogP contribution in [0.1, 0.15) is 22.3 Å². The second-order valence-electron chi connectivity index (χ2n) is 8.75. The molecule has 0 aliphatic carbocycles. The monoisotopic (exact) mass is 527 g/mol. The van der Waals surface area contributed by atoms with Crippen LogP contribution in [0.2, 0.25) is 0 Å². The number of rotatable bonds is 11.